The maximum absolute atomic E-state index is 12.5. The van der Waals surface area contributed by atoms with Gasteiger partial charge in [0.1, 0.15) is 12.1 Å². The predicted octanol–water partition coefficient (Wildman–Crippen LogP) is 2.96. The van der Waals surface area contributed by atoms with Crippen molar-refractivity contribution in [3.05, 3.63) is 23.7 Å². The van der Waals surface area contributed by atoms with Gasteiger partial charge in [0.2, 0.25) is 5.91 Å². The number of pyridine rings is 1. The van der Waals surface area contributed by atoms with E-state index in [0.29, 0.717) is 27.2 Å². The molecule has 11 heteroatoms. The summed E-state index contributed by atoms with van der Waals surface area (Å²) >= 11 is 1.11. The van der Waals surface area contributed by atoms with Crippen LogP contribution in [0.15, 0.2) is 22.8 Å². The second kappa shape index (κ2) is 6.37. The molecular formula is C17H15N7O3S. The summed E-state index contributed by atoms with van der Waals surface area (Å²) in [6.07, 6.45) is 3.05. The fraction of sp³-hybridized carbons (Fsp3) is 0.294. The molecular weight excluding hydrogens is 382 g/mol. The molecule has 3 aromatic heterocycles. The SMILES string of the molecule is CC(=O)Nc1nc(N=Nc2snc3ncncc23)c2c(c1O)C(C)(C)C(=O)C2. The van der Waals surface area contributed by atoms with Gasteiger partial charge < -0.3 is 10.4 Å². The Kier molecular flexibility index (Phi) is 4.11. The maximum Gasteiger partial charge on any atom is 0.222 e. The van der Waals surface area contributed by atoms with Crippen LogP contribution >= 0.6 is 11.5 Å². The van der Waals surface area contributed by atoms with Gasteiger partial charge in [-0.2, -0.15) is 4.37 Å². The van der Waals surface area contributed by atoms with Gasteiger partial charge in [-0.1, -0.05) is 0 Å². The Morgan fingerprint density at radius 1 is 1.36 bits per heavy atom. The molecule has 0 aliphatic heterocycles. The van der Waals surface area contributed by atoms with E-state index in [-0.39, 0.29) is 29.6 Å². The number of Topliss-reactive ketones (excluding diaryl/α,β-unsaturated/α-hetero) is 1. The number of ketones is 1. The summed E-state index contributed by atoms with van der Waals surface area (Å²) in [7, 11) is 0. The molecule has 0 fully saturated rings. The minimum atomic E-state index is -0.926. The van der Waals surface area contributed by atoms with Crippen molar-refractivity contribution in [1.29, 1.82) is 0 Å². The standard InChI is InChI=1S/C17H15N7O3S/c1-7(25)20-15-12(27)11-8(4-10(26)17(11,2)3)14(21-15)22-23-16-9-5-18-6-19-13(9)24-28-16/h5-6,27H,4H2,1-3H3,(H,20,21,25). The summed E-state index contributed by atoms with van der Waals surface area (Å²) in [6, 6.07) is 0. The quantitative estimate of drug-likeness (QED) is 0.647. The van der Waals surface area contributed by atoms with Crippen LogP contribution in [0.1, 0.15) is 31.9 Å². The number of amides is 1. The molecule has 0 aromatic carbocycles. The maximum atomic E-state index is 12.5. The summed E-state index contributed by atoms with van der Waals surface area (Å²) in [5.41, 5.74) is 0.483. The van der Waals surface area contributed by atoms with Gasteiger partial charge in [0.05, 0.1) is 10.8 Å². The number of hydrogen-bond acceptors (Lipinski definition) is 10. The van der Waals surface area contributed by atoms with E-state index in [9.17, 15) is 14.7 Å². The van der Waals surface area contributed by atoms with Gasteiger partial charge in [-0.05, 0) is 25.4 Å². The molecule has 4 rings (SSSR count). The lowest BCUT2D eigenvalue weighted by atomic mass is 9.85. The van der Waals surface area contributed by atoms with Crippen molar-refractivity contribution in [1.82, 2.24) is 19.3 Å². The lowest BCUT2D eigenvalue weighted by molar-refractivity contribution is -0.121. The molecule has 10 nitrogen and oxygen atoms in total. The average molecular weight is 397 g/mol. The highest BCUT2D eigenvalue weighted by Gasteiger charge is 2.43. The van der Waals surface area contributed by atoms with E-state index in [1.165, 1.54) is 13.3 Å². The average Bonchev–Trinajstić information content (AvgIpc) is 3.15. The van der Waals surface area contributed by atoms with Crippen LogP contribution in [-0.2, 0) is 21.4 Å². The van der Waals surface area contributed by atoms with Gasteiger partial charge in [0.15, 0.2) is 28.0 Å². The first-order valence-electron chi connectivity index (χ1n) is 8.33. The highest BCUT2D eigenvalue weighted by molar-refractivity contribution is 7.11. The van der Waals surface area contributed by atoms with E-state index in [4.69, 9.17) is 0 Å². The van der Waals surface area contributed by atoms with Crippen molar-refractivity contribution in [2.75, 3.05) is 5.32 Å². The lowest BCUT2D eigenvalue weighted by Crippen LogP contribution is -2.24. The third-order valence-electron chi connectivity index (χ3n) is 4.58. The summed E-state index contributed by atoms with van der Waals surface area (Å²) in [6.45, 7) is 4.73. The molecule has 0 spiro atoms. The molecule has 0 atom stereocenters. The lowest BCUT2D eigenvalue weighted by Gasteiger charge is -2.20. The number of hydrogen-bond donors (Lipinski definition) is 2. The fourth-order valence-corrected chi connectivity index (χ4v) is 3.78. The molecule has 3 aromatic rings. The van der Waals surface area contributed by atoms with E-state index in [0.717, 1.165) is 11.5 Å². The minimum Gasteiger partial charge on any atom is -0.504 e. The molecule has 3 heterocycles. The molecule has 1 aliphatic carbocycles. The smallest absolute Gasteiger partial charge is 0.222 e. The molecule has 0 saturated heterocycles. The predicted molar refractivity (Wildman–Crippen MR) is 101 cm³/mol. The fourth-order valence-electron chi connectivity index (χ4n) is 3.15. The van der Waals surface area contributed by atoms with Crippen LogP contribution in [0.3, 0.4) is 0 Å². The van der Waals surface area contributed by atoms with Crippen LogP contribution in [0.4, 0.5) is 16.6 Å². The first-order chi connectivity index (χ1) is 13.3. The van der Waals surface area contributed by atoms with Gasteiger partial charge in [0, 0.05) is 30.7 Å². The zero-order valence-electron chi connectivity index (χ0n) is 15.2. The first-order valence-corrected chi connectivity index (χ1v) is 9.10. The third-order valence-corrected chi connectivity index (χ3v) is 5.32. The topological polar surface area (TPSA) is 143 Å². The van der Waals surface area contributed by atoms with Crippen LogP contribution in [0.25, 0.3) is 11.0 Å². The number of aromatic hydroxyl groups is 1. The highest BCUT2D eigenvalue weighted by Crippen LogP contribution is 2.47. The normalized spacial score (nSPS) is 15.3. The van der Waals surface area contributed by atoms with Crippen molar-refractivity contribution in [2.24, 2.45) is 10.2 Å². The second-order valence-electron chi connectivity index (χ2n) is 6.84. The first kappa shape index (κ1) is 18.0. The number of anilines is 1. The summed E-state index contributed by atoms with van der Waals surface area (Å²) < 4.78 is 4.17. The number of carbonyl (C=O) groups is 2. The Morgan fingerprint density at radius 3 is 2.89 bits per heavy atom. The second-order valence-corrected chi connectivity index (χ2v) is 7.59. The van der Waals surface area contributed by atoms with E-state index in [1.54, 1.807) is 20.0 Å². The van der Waals surface area contributed by atoms with Crippen LogP contribution in [0.5, 0.6) is 5.75 Å². The molecule has 0 radical (unpaired) electrons. The number of fused-ring (bicyclic) bond motifs is 2. The molecule has 0 bridgehead atoms. The van der Waals surface area contributed by atoms with Gasteiger partial charge in [-0.3, -0.25) is 9.59 Å². The number of azo groups is 1. The van der Waals surface area contributed by atoms with E-state index >= 15 is 0 Å². The third kappa shape index (κ3) is 2.80. The van der Waals surface area contributed by atoms with Gasteiger partial charge in [-0.15, -0.1) is 10.2 Å². The Morgan fingerprint density at radius 2 is 2.14 bits per heavy atom. The Bertz CT molecular complexity index is 1170. The van der Waals surface area contributed by atoms with Crippen molar-refractivity contribution in [2.45, 2.75) is 32.6 Å². The van der Waals surface area contributed by atoms with Crippen molar-refractivity contribution >= 4 is 50.9 Å². The summed E-state index contributed by atoms with van der Waals surface area (Å²) in [5, 5.41) is 22.6. The van der Waals surface area contributed by atoms with Crippen LogP contribution in [0, 0.1) is 0 Å². The zero-order chi connectivity index (χ0) is 20.1. The van der Waals surface area contributed by atoms with Crippen LogP contribution < -0.4 is 5.32 Å². The number of aromatic nitrogens is 4. The minimum absolute atomic E-state index is 0.0551. The Balaban J connectivity index is 1.86. The molecule has 28 heavy (non-hydrogen) atoms. The van der Waals surface area contributed by atoms with Gasteiger partial charge in [-0.25, -0.2) is 15.0 Å². The summed E-state index contributed by atoms with van der Waals surface area (Å²) in [5.74, 6) is -0.600. The molecule has 1 aliphatic rings. The van der Waals surface area contributed by atoms with E-state index < -0.39 is 11.3 Å². The molecule has 142 valence electrons. The number of nitrogens with zero attached hydrogens (tertiary/aromatic N) is 6. The van der Waals surface area contributed by atoms with E-state index in [1.807, 2.05) is 0 Å². The number of rotatable bonds is 3. The Labute approximate surface area is 162 Å². The molecule has 0 unspecified atom stereocenters. The number of nitrogens with one attached hydrogen (secondary N) is 1. The monoisotopic (exact) mass is 397 g/mol. The van der Waals surface area contributed by atoms with E-state index in [2.05, 4.69) is 34.9 Å². The van der Waals surface area contributed by atoms with Crippen molar-refractivity contribution < 1.29 is 14.7 Å². The van der Waals surface area contributed by atoms with Crippen molar-refractivity contribution in [3.63, 3.8) is 0 Å². The largest absolute Gasteiger partial charge is 0.504 e. The van der Waals surface area contributed by atoms with Crippen LogP contribution in [0.2, 0.25) is 0 Å². The van der Waals surface area contributed by atoms with Crippen LogP contribution in [-0.4, -0.2) is 36.1 Å². The molecule has 0 saturated carbocycles. The Hall–Kier alpha value is -3.34. The highest BCUT2D eigenvalue weighted by atomic mass is 32.1. The van der Waals surface area contributed by atoms with Crippen molar-refractivity contribution in [3.8, 4) is 5.75 Å². The summed E-state index contributed by atoms with van der Waals surface area (Å²) in [4.78, 5) is 36.2. The zero-order valence-corrected chi connectivity index (χ0v) is 16.0. The van der Waals surface area contributed by atoms with Gasteiger partial charge >= 0.3 is 0 Å². The molecule has 1 amide bonds. The van der Waals surface area contributed by atoms with Gasteiger partial charge in [0.25, 0.3) is 0 Å². The number of carbonyl (C=O) groups excluding carboxylic acids is 2. The molecule has 2 N–H and O–H groups in total.